The van der Waals surface area contributed by atoms with Crippen molar-refractivity contribution in [3.63, 3.8) is 0 Å². The zero-order chi connectivity index (χ0) is 31.6. The summed E-state index contributed by atoms with van der Waals surface area (Å²) in [5, 5.41) is 28.6. The molecule has 1 atom stereocenters. The predicted molar refractivity (Wildman–Crippen MR) is 185 cm³/mol. The van der Waals surface area contributed by atoms with Gasteiger partial charge in [-0.05, 0) is 75.0 Å². The van der Waals surface area contributed by atoms with Crippen LogP contribution < -0.4 is 15.5 Å². The number of anilines is 1. The molecule has 13 nitrogen and oxygen atoms in total. The number of hydrogen-bond donors (Lipinski definition) is 4. The van der Waals surface area contributed by atoms with Crippen LogP contribution in [0.25, 0.3) is 45.0 Å². The molecule has 0 spiro atoms. The Balaban J connectivity index is 0.000000183. The van der Waals surface area contributed by atoms with E-state index in [1.54, 1.807) is 12.4 Å². The molecule has 2 fully saturated rings. The Hall–Kier alpha value is -4.62. The minimum Gasteiger partial charge on any atom is -0.352 e. The highest BCUT2D eigenvalue weighted by Gasteiger charge is 2.24. The third kappa shape index (κ3) is 6.12. The van der Waals surface area contributed by atoms with Gasteiger partial charge in [-0.3, -0.25) is 14.9 Å². The van der Waals surface area contributed by atoms with Gasteiger partial charge in [0.25, 0.3) is 0 Å². The normalized spacial score (nSPS) is 17.6. The number of nitrogens with one attached hydrogen (secondary N) is 4. The first-order valence-electron chi connectivity index (χ1n) is 16.3. The quantitative estimate of drug-likeness (QED) is 0.206. The van der Waals surface area contributed by atoms with Crippen molar-refractivity contribution in [1.82, 2.24) is 60.3 Å². The van der Waals surface area contributed by atoms with Crippen LogP contribution in [0.15, 0.2) is 49.1 Å². The Kier molecular flexibility index (Phi) is 8.50. The van der Waals surface area contributed by atoms with Crippen molar-refractivity contribution in [1.29, 1.82) is 0 Å². The number of imidazole rings is 1. The van der Waals surface area contributed by atoms with Gasteiger partial charge < -0.3 is 20.1 Å². The van der Waals surface area contributed by atoms with E-state index in [-0.39, 0.29) is 2.85 Å². The number of aromatic nitrogens is 10. The second-order valence-corrected chi connectivity index (χ2v) is 12.8. The zero-order valence-corrected chi connectivity index (χ0v) is 27.0. The highest BCUT2D eigenvalue weighted by atomic mass is 15.3. The smallest absolute Gasteiger partial charge is 0.181 e. The summed E-state index contributed by atoms with van der Waals surface area (Å²) in [7, 11) is 2.03. The van der Waals surface area contributed by atoms with Crippen molar-refractivity contribution in [2.24, 2.45) is 13.0 Å². The average Bonchev–Trinajstić information content (AvgIpc) is 3.86. The Morgan fingerprint density at radius 2 is 1.63 bits per heavy atom. The molecule has 244 valence electrons. The summed E-state index contributed by atoms with van der Waals surface area (Å²) in [6, 6.07) is 8.93. The van der Waals surface area contributed by atoms with Crippen LogP contribution in [0, 0.1) is 12.8 Å². The first kappa shape index (κ1) is 30.1. The van der Waals surface area contributed by atoms with Crippen molar-refractivity contribution >= 4 is 27.9 Å². The molecular weight excluding hydrogens is 578 g/mol. The van der Waals surface area contributed by atoms with Crippen LogP contribution in [-0.4, -0.2) is 88.5 Å². The zero-order valence-electron chi connectivity index (χ0n) is 27.0. The maximum absolute atomic E-state index is 4.90. The molecule has 8 heterocycles. The fourth-order valence-electron chi connectivity index (χ4n) is 6.64. The lowest BCUT2D eigenvalue weighted by Gasteiger charge is -2.34. The summed E-state index contributed by atoms with van der Waals surface area (Å²) < 4.78 is 4.18. The van der Waals surface area contributed by atoms with Crippen molar-refractivity contribution in [3.8, 4) is 22.9 Å². The number of fused-ring (bicyclic) bond motifs is 2. The summed E-state index contributed by atoms with van der Waals surface area (Å²) >= 11 is 0. The molecule has 0 saturated carbocycles. The lowest BCUT2D eigenvalue weighted by molar-refractivity contribution is 0.343. The number of pyridine rings is 2. The topological polar surface area (TPSA) is 146 Å². The molecule has 0 bridgehead atoms. The lowest BCUT2D eigenvalue weighted by atomic mass is 10.0. The van der Waals surface area contributed by atoms with Crippen LogP contribution in [-0.2, 0) is 7.05 Å². The molecule has 0 unspecified atom stereocenters. The molecule has 0 amide bonds. The largest absolute Gasteiger partial charge is 0.352 e. The number of piperazine rings is 1. The van der Waals surface area contributed by atoms with Crippen molar-refractivity contribution in [2.75, 3.05) is 37.6 Å². The third-order valence-corrected chi connectivity index (χ3v) is 8.92. The number of rotatable bonds is 6. The van der Waals surface area contributed by atoms with Crippen LogP contribution in [0.3, 0.4) is 0 Å². The van der Waals surface area contributed by atoms with Crippen LogP contribution in [0.4, 0.5) is 5.82 Å². The fraction of sp³-hybridized carbons (Fsp3) is 0.455. The van der Waals surface area contributed by atoms with Gasteiger partial charge in [0.1, 0.15) is 17.2 Å². The Morgan fingerprint density at radius 3 is 2.35 bits per heavy atom. The van der Waals surface area contributed by atoms with E-state index in [0.717, 1.165) is 96.4 Å². The van der Waals surface area contributed by atoms with Crippen molar-refractivity contribution in [2.45, 2.75) is 52.1 Å². The second-order valence-electron chi connectivity index (χ2n) is 12.8. The van der Waals surface area contributed by atoms with E-state index in [4.69, 9.17) is 10.1 Å². The molecule has 2 aliphatic heterocycles. The molecule has 13 heteroatoms. The van der Waals surface area contributed by atoms with E-state index in [0.29, 0.717) is 18.0 Å². The monoisotopic (exact) mass is 625 g/mol. The van der Waals surface area contributed by atoms with Gasteiger partial charge in [0, 0.05) is 71.1 Å². The van der Waals surface area contributed by atoms with Gasteiger partial charge in [0.15, 0.2) is 17.1 Å². The number of aromatic amines is 2. The average molecular weight is 626 g/mol. The van der Waals surface area contributed by atoms with Crippen LogP contribution in [0.5, 0.6) is 0 Å². The molecule has 0 aromatic carbocycles. The minimum atomic E-state index is 0. The fourth-order valence-corrected chi connectivity index (χ4v) is 6.64. The number of nitrogens with zero attached hydrogens (tertiary/aromatic N) is 9. The van der Waals surface area contributed by atoms with Crippen LogP contribution in [0.1, 0.15) is 47.6 Å². The summed E-state index contributed by atoms with van der Waals surface area (Å²) in [4.78, 5) is 15.8. The van der Waals surface area contributed by atoms with Crippen molar-refractivity contribution in [3.05, 3.63) is 54.6 Å². The Bertz CT molecular complexity index is 1920. The molecule has 0 radical (unpaired) electrons. The van der Waals surface area contributed by atoms with E-state index in [9.17, 15) is 0 Å². The SMILES string of the molecule is CC(C)C[C@H]1CN(c2cn(C)c(-c3[nH]nc4ncccc34)n2)CCN1.Cc1cn(C2CCNCC2)nc1-c1[nH]nc2ncccc12.[HH].[HH]. The summed E-state index contributed by atoms with van der Waals surface area (Å²) in [6.45, 7) is 11.8. The first-order chi connectivity index (χ1) is 22.4. The molecule has 6 aromatic heterocycles. The van der Waals surface area contributed by atoms with Crippen molar-refractivity contribution < 1.29 is 2.85 Å². The highest BCUT2D eigenvalue weighted by Crippen LogP contribution is 2.29. The van der Waals surface area contributed by atoms with E-state index >= 15 is 0 Å². The Labute approximate surface area is 271 Å². The van der Waals surface area contributed by atoms with Gasteiger partial charge in [0.2, 0.25) is 0 Å². The molecule has 6 aromatic rings. The minimum absolute atomic E-state index is 0. The second kappa shape index (κ2) is 13.0. The summed E-state index contributed by atoms with van der Waals surface area (Å²) in [6.07, 6.45) is 11.2. The summed E-state index contributed by atoms with van der Waals surface area (Å²) in [5.74, 6) is 2.62. The molecule has 4 N–H and O–H groups in total. The van der Waals surface area contributed by atoms with Gasteiger partial charge in [-0.15, -0.1) is 0 Å². The molecular formula is C33H47N13. The van der Waals surface area contributed by atoms with Gasteiger partial charge in [0.05, 0.1) is 11.7 Å². The molecule has 0 aliphatic carbocycles. The van der Waals surface area contributed by atoms with Crippen LogP contribution >= 0.6 is 0 Å². The lowest BCUT2D eigenvalue weighted by Crippen LogP contribution is -2.51. The molecule has 2 saturated heterocycles. The van der Waals surface area contributed by atoms with Gasteiger partial charge >= 0.3 is 0 Å². The van der Waals surface area contributed by atoms with Gasteiger partial charge in [-0.25, -0.2) is 15.0 Å². The molecule has 8 rings (SSSR count). The van der Waals surface area contributed by atoms with Gasteiger partial charge in [-0.1, -0.05) is 13.8 Å². The van der Waals surface area contributed by atoms with E-state index in [2.05, 4.69) is 88.3 Å². The predicted octanol–water partition coefficient (Wildman–Crippen LogP) is 4.73. The molecule has 46 heavy (non-hydrogen) atoms. The third-order valence-electron chi connectivity index (χ3n) is 8.92. The van der Waals surface area contributed by atoms with E-state index in [1.807, 2.05) is 31.3 Å². The number of piperidine rings is 1. The summed E-state index contributed by atoms with van der Waals surface area (Å²) in [5.41, 5.74) is 5.49. The maximum Gasteiger partial charge on any atom is 0.181 e. The number of H-pyrrole nitrogens is 2. The van der Waals surface area contributed by atoms with Gasteiger partial charge in [-0.2, -0.15) is 15.3 Å². The maximum atomic E-state index is 4.90. The van der Waals surface area contributed by atoms with Crippen LogP contribution in [0.2, 0.25) is 0 Å². The molecule has 2 aliphatic rings. The number of aryl methyl sites for hydroxylation is 2. The Morgan fingerprint density at radius 1 is 0.935 bits per heavy atom. The highest BCUT2D eigenvalue weighted by molar-refractivity contribution is 5.90. The van der Waals surface area contributed by atoms with E-state index < -0.39 is 0 Å². The van der Waals surface area contributed by atoms with E-state index in [1.165, 1.54) is 12.0 Å². The first-order valence-corrected chi connectivity index (χ1v) is 16.3. The standard InChI is InChI=1S/C18H25N7.C15H18N6.2H2/c1-12(2)9-13-10-25(8-7-19-13)15-11-24(3)18(21-15)16-14-5-4-6-20-17(14)23-22-16;1-10-9-21(11-4-7-16-8-5-11)20-13(10)14-12-3-2-6-17-15(12)19-18-14;;/h4-6,11-13,19H,7-10H2,1-3H3,(H,20,22,23);2-3,6,9,11,16H,4-5,7-8H2,1H3,(H,17,18,19);2*1H/t13-;;;/m0.../s1. The number of hydrogen-bond acceptors (Lipinski definition) is 9.